The first-order valence-corrected chi connectivity index (χ1v) is 9.06. The number of piperidine rings is 1. The summed E-state index contributed by atoms with van der Waals surface area (Å²) >= 11 is 0. The van der Waals surface area contributed by atoms with Crippen LogP contribution in [-0.2, 0) is 11.3 Å². The van der Waals surface area contributed by atoms with Crippen molar-refractivity contribution in [3.63, 3.8) is 0 Å². The lowest BCUT2D eigenvalue weighted by molar-refractivity contribution is -0.134. The van der Waals surface area contributed by atoms with Gasteiger partial charge in [-0.05, 0) is 48.9 Å². The molecule has 1 aromatic carbocycles. The number of carbonyl (C=O) groups is 1. The molecule has 126 valence electrons. The van der Waals surface area contributed by atoms with E-state index in [0.29, 0.717) is 23.8 Å². The molecule has 1 aromatic heterocycles. The Labute approximate surface area is 143 Å². The van der Waals surface area contributed by atoms with Crippen LogP contribution in [0.2, 0.25) is 0 Å². The normalized spacial score (nSPS) is 24.3. The monoisotopic (exact) mass is 323 g/mol. The number of hydrogen-bond acceptors (Lipinski definition) is 3. The Balaban J connectivity index is 1.34. The zero-order valence-corrected chi connectivity index (χ0v) is 14.2. The average molecular weight is 323 g/mol. The minimum absolute atomic E-state index is 0.341. The van der Waals surface area contributed by atoms with Crippen LogP contribution >= 0.6 is 0 Å². The fraction of sp³-hybridized carbons (Fsp3) is 0.500. The molecule has 0 radical (unpaired) electrons. The van der Waals surface area contributed by atoms with Gasteiger partial charge in [0.1, 0.15) is 0 Å². The molecule has 4 nitrogen and oxygen atoms in total. The van der Waals surface area contributed by atoms with Gasteiger partial charge in [-0.25, -0.2) is 0 Å². The molecular formula is C20H25N3O. The molecule has 4 rings (SSSR count). The Hall–Kier alpha value is -1.94. The first kappa shape index (κ1) is 15.6. The van der Waals surface area contributed by atoms with E-state index in [1.807, 2.05) is 12.3 Å². The molecular weight excluding hydrogens is 298 g/mol. The van der Waals surface area contributed by atoms with Crippen molar-refractivity contribution >= 4 is 16.8 Å². The highest BCUT2D eigenvalue weighted by Crippen LogP contribution is 2.32. The third-order valence-corrected chi connectivity index (χ3v) is 5.38. The first-order chi connectivity index (χ1) is 11.7. The van der Waals surface area contributed by atoms with Gasteiger partial charge < -0.3 is 10.2 Å². The van der Waals surface area contributed by atoms with Crippen LogP contribution in [0.4, 0.5) is 0 Å². The molecule has 2 heterocycles. The van der Waals surface area contributed by atoms with E-state index in [0.717, 1.165) is 44.4 Å². The molecule has 2 fully saturated rings. The summed E-state index contributed by atoms with van der Waals surface area (Å²) < 4.78 is 0. The number of aromatic nitrogens is 1. The van der Waals surface area contributed by atoms with Crippen LogP contribution in [-0.4, -0.2) is 34.9 Å². The standard InChI is InChI=1S/C20H25N3O/c1-14-13-23(20(24)16-5-6-16)10-8-18(14)22-12-15-4-7-19-17(11-15)3-2-9-21-19/h2-4,7,9,11,14,16,18,22H,5-6,8,10,12-13H2,1H3/t14-,18-/m1/s1. The van der Waals surface area contributed by atoms with Gasteiger partial charge in [0, 0.05) is 43.2 Å². The number of pyridine rings is 1. The predicted octanol–water partition coefficient (Wildman–Crippen LogP) is 2.97. The third kappa shape index (κ3) is 3.29. The summed E-state index contributed by atoms with van der Waals surface area (Å²) in [6.07, 6.45) is 5.08. The van der Waals surface area contributed by atoms with E-state index >= 15 is 0 Å². The summed E-state index contributed by atoms with van der Waals surface area (Å²) in [7, 11) is 0. The number of benzene rings is 1. The Morgan fingerprint density at radius 1 is 1.29 bits per heavy atom. The molecule has 1 amide bonds. The van der Waals surface area contributed by atoms with Gasteiger partial charge in [0.05, 0.1) is 5.52 Å². The maximum Gasteiger partial charge on any atom is 0.225 e. The molecule has 0 spiro atoms. The van der Waals surface area contributed by atoms with Crippen molar-refractivity contribution in [2.75, 3.05) is 13.1 Å². The number of nitrogens with one attached hydrogen (secondary N) is 1. The SMILES string of the molecule is C[C@@H]1CN(C(=O)C2CC2)CC[C@H]1NCc1ccc2ncccc2c1. The number of hydrogen-bond donors (Lipinski definition) is 1. The molecule has 24 heavy (non-hydrogen) atoms. The molecule has 4 heteroatoms. The fourth-order valence-corrected chi connectivity index (χ4v) is 3.72. The molecule has 1 aliphatic carbocycles. The Bertz CT molecular complexity index is 740. The van der Waals surface area contributed by atoms with E-state index in [1.165, 1.54) is 10.9 Å². The van der Waals surface area contributed by atoms with Crippen molar-refractivity contribution in [2.45, 2.75) is 38.8 Å². The zero-order chi connectivity index (χ0) is 16.5. The summed E-state index contributed by atoms with van der Waals surface area (Å²) in [5, 5.41) is 4.89. The van der Waals surface area contributed by atoms with Crippen molar-refractivity contribution in [1.82, 2.24) is 15.2 Å². The fourth-order valence-electron chi connectivity index (χ4n) is 3.72. The maximum atomic E-state index is 12.2. The number of carbonyl (C=O) groups excluding carboxylic acids is 1. The summed E-state index contributed by atoms with van der Waals surface area (Å²) in [6.45, 7) is 4.93. The van der Waals surface area contributed by atoms with E-state index < -0.39 is 0 Å². The minimum Gasteiger partial charge on any atom is -0.342 e. The summed E-state index contributed by atoms with van der Waals surface area (Å²) in [5.74, 6) is 1.24. The third-order valence-electron chi connectivity index (χ3n) is 5.38. The van der Waals surface area contributed by atoms with Crippen LogP contribution in [0.15, 0.2) is 36.5 Å². The van der Waals surface area contributed by atoms with Gasteiger partial charge >= 0.3 is 0 Å². The minimum atomic E-state index is 0.341. The smallest absolute Gasteiger partial charge is 0.225 e. The van der Waals surface area contributed by atoms with E-state index in [1.54, 1.807) is 0 Å². The molecule has 2 atom stereocenters. The summed E-state index contributed by atoms with van der Waals surface area (Å²) in [6, 6.07) is 11.0. The second-order valence-corrected chi connectivity index (χ2v) is 7.34. The highest BCUT2D eigenvalue weighted by Gasteiger charge is 2.36. The molecule has 1 saturated carbocycles. The van der Waals surface area contributed by atoms with Crippen LogP contribution in [0.5, 0.6) is 0 Å². The Morgan fingerprint density at radius 3 is 2.96 bits per heavy atom. The topological polar surface area (TPSA) is 45.2 Å². The number of fused-ring (bicyclic) bond motifs is 1. The van der Waals surface area contributed by atoms with E-state index in [2.05, 4.69) is 46.4 Å². The Morgan fingerprint density at radius 2 is 2.17 bits per heavy atom. The van der Waals surface area contributed by atoms with Crippen molar-refractivity contribution in [3.8, 4) is 0 Å². The second kappa shape index (κ2) is 6.52. The zero-order valence-electron chi connectivity index (χ0n) is 14.2. The van der Waals surface area contributed by atoms with Gasteiger partial charge in [-0.15, -0.1) is 0 Å². The average Bonchev–Trinajstić information content (AvgIpc) is 3.45. The highest BCUT2D eigenvalue weighted by molar-refractivity contribution is 5.81. The molecule has 0 unspecified atom stereocenters. The summed E-state index contributed by atoms with van der Waals surface area (Å²) in [5.41, 5.74) is 2.33. The van der Waals surface area contributed by atoms with Crippen LogP contribution in [0, 0.1) is 11.8 Å². The van der Waals surface area contributed by atoms with Crippen molar-refractivity contribution < 1.29 is 4.79 Å². The number of rotatable bonds is 4. The predicted molar refractivity (Wildman–Crippen MR) is 95.5 cm³/mol. The van der Waals surface area contributed by atoms with E-state index in [9.17, 15) is 4.79 Å². The van der Waals surface area contributed by atoms with Gasteiger partial charge in [-0.1, -0.05) is 19.1 Å². The lowest BCUT2D eigenvalue weighted by Crippen LogP contribution is -2.50. The van der Waals surface area contributed by atoms with Gasteiger partial charge in [-0.3, -0.25) is 9.78 Å². The van der Waals surface area contributed by atoms with Crippen LogP contribution in [0.1, 0.15) is 31.7 Å². The van der Waals surface area contributed by atoms with Crippen molar-refractivity contribution in [2.24, 2.45) is 11.8 Å². The molecule has 2 aliphatic rings. The lowest BCUT2D eigenvalue weighted by atomic mass is 9.93. The largest absolute Gasteiger partial charge is 0.342 e. The molecule has 0 bridgehead atoms. The Kier molecular flexibility index (Phi) is 4.23. The maximum absolute atomic E-state index is 12.2. The highest BCUT2D eigenvalue weighted by atomic mass is 16.2. The van der Waals surface area contributed by atoms with Crippen molar-refractivity contribution in [3.05, 3.63) is 42.1 Å². The molecule has 1 aliphatic heterocycles. The quantitative estimate of drug-likeness (QED) is 0.941. The summed E-state index contributed by atoms with van der Waals surface area (Å²) in [4.78, 5) is 18.7. The molecule has 2 aromatic rings. The second-order valence-electron chi connectivity index (χ2n) is 7.34. The van der Waals surface area contributed by atoms with Crippen LogP contribution < -0.4 is 5.32 Å². The molecule has 1 saturated heterocycles. The van der Waals surface area contributed by atoms with Crippen LogP contribution in [0.25, 0.3) is 10.9 Å². The molecule has 1 N–H and O–H groups in total. The van der Waals surface area contributed by atoms with Gasteiger partial charge in [0.2, 0.25) is 5.91 Å². The first-order valence-electron chi connectivity index (χ1n) is 9.06. The number of likely N-dealkylation sites (tertiary alicyclic amines) is 1. The van der Waals surface area contributed by atoms with E-state index in [4.69, 9.17) is 0 Å². The van der Waals surface area contributed by atoms with Gasteiger partial charge in [-0.2, -0.15) is 0 Å². The van der Waals surface area contributed by atoms with Crippen molar-refractivity contribution in [1.29, 1.82) is 0 Å². The van der Waals surface area contributed by atoms with Gasteiger partial charge in [0.15, 0.2) is 0 Å². The van der Waals surface area contributed by atoms with Crippen LogP contribution in [0.3, 0.4) is 0 Å². The van der Waals surface area contributed by atoms with E-state index in [-0.39, 0.29) is 0 Å². The van der Waals surface area contributed by atoms with Gasteiger partial charge in [0.25, 0.3) is 0 Å². The number of nitrogens with zero attached hydrogens (tertiary/aromatic N) is 2. The lowest BCUT2D eigenvalue weighted by Gasteiger charge is -2.37. The number of amides is 1.